The highest BCUT2D eigenvalue weighted by molar-refractivity contribution is 5.61. The van der Waals surface area contributed by atoms with Gasteiger partial charge in [0.2, 0.25) is 0 Å². The van der Waals surface area contributed by atoms with Crippen LogP contribution in [0.1, 0.15) is 61.6 Å². The van der Waals surface area contributed by atoms with Gasteiger partial charge in [-0.25, -0.2) is 13.7 Å². The van der Waals surface area contributed by atoms with E-state index in [0.717, 1.165) is 69.3 Å². The molecular formula is C48H48N3+3. The Labute approximate surface area is 304 Å². The average molecular weight is 667 g/mol. The van der Waals surface area contributed by atoms with Crippen molar-refractivity contribution in [3.63, 3.8) is 0 Å². The van der Waals surface area contributed by atoms with E-state index in [4.69, 9.17) is 0 Å². The molecule has 6 aromatic rings. The van der Waals surface area contributed by atoms with Gasteiger partial charge in [0.05, 0.1) is 0 Å². The van der Waals surface area contributed by atoms with Crippen LogP contribution in [0.5, 0.6) is 0 Å². The highest BCUT2D eigenvalue weighted by Crippen LogP contribution is 2.18. The van der Waals surface area contributed by atoms with Crippen LogP contribution in [0.25, 0.3) is 22.3 Å². The lowest BCUT2D eigenvalue weighted by Crippen LogP contribution is -2.32. The topological polar surface area (TPSA) is 11.6 Å². The normalized spacial score (nSPS) is 10.5. The summed E-state index contributed by atoms with van der Waals surface area (Å²) >= 11 is 0. The fraction of sp³-hybridized carbons (Fsp3) is 0.229. The van der Waals surface area contributed by atoms with Crippen LogP contribution in [0.4, 0.5) is 0 Å². The molecule has 0 aliphatic rings. The van der Waals surface area contributed by atoms with Crippen LogP contribution in [0.3, 0.4) is 0 Å². The van der Waals surface area contributed by atoms with E-state index >= 15 is 0 Å². The van der Waals surface area contributed by atoms with E-state index in [0.29, 0.717) is 0 Å². The van der Waals surface area contributed by atoms with E-state index in [1.54, 1.807) is 0 Å². The summed E-state index contributed by atoms with van der Waals surface area (Å²) in [6.45, 7) is 2.96. The molecule has 0 saturated carbocycles. The minimum Gasteiger partial charge on any atom is -0.205 e. The minimum absolute atomic E-state index is 0.855. The van der Waals surface area contributed by atoms with Gasteiger partial charge in [-0.2, -0.15) is 0 Å². The van der Waals surface area contributed by atoms with Crippen molar-refractivity contribution < 1.29 is 13.7 Å². The number of benzene rings is 3. The van der Waals surface area contributed by atoms with Gasteiger partial charge in [-0.3, -0.25) is 0 Å². The second kappa shape index (κ2) is 19.4. The molecule has 252 valence electrons. The molecule has 51 heavy (non-hydrogen) atoms. The van der Waals surface area contributed by atoms with Gasteiger partial charge >= 0.3 is 0 Å². The zero-order valence-corrected chi connectivity index (χ0v) is 29.6. The van der Waals surface area contributed by atoms with Crippen LogP contribution in [-0.2, 0) is 26.1 Å². The van der Waals surface area contributed by atoms with Gasteiger partial charge in [-0.05, 0) is 66.3 Å². The molecule has 0 radical (unpaired) electrons. The SMILES string of the molecule is C(#Cc1cc(C#CCCC[n+]2cccc(-c3ccccc3)c2)cc(CCCCC[n+]2ccccc2)c1)CCC[n+]1cccc(-c2ccccc2)c1. The van der Waals surface area contributed by atoms with Crippen LogP contribution >= 0.6 is 0 Å². The number of hydrogen-bond donors (Lipinski definition) is 0. The van der Waals surface area contributed by atoms with Gasteiger partial charge < -0.3 is 0 Å². The fourth-order valence-corrected chi connectivity index (χ4v) is 6.32. The summed E-state index contributed by atoms with van der Waals surface area (Å²) in [6.07, 6.45) is 21.4. The van der Waals surface area contributed by atoms with E-state index in [2.05, 4.69) is 196 Å². The second-order valence-electron chi connectivity index (χ2n) is 13.0. The largest absolute Gasteiger partial charge is 0.205 e. The van der Waals surface area contributed by atoms with Gasteiger partial charge in [0.25, 0.3) is 0 Å². The summed E-state index contributed by atoms with van der Waals surface area (Å²) in [5, 5.41) is 0. The van der Waals surface area contributed by atoms with Crippen molar-refractivity contribution in [3.8, 4) is 45.9 Å². The first-order valence-electron chi connectivity index (χ1n) is 18.4. The van der Waals surface area contributed by atoms with Gasteiger partial charge in [-0.1, -0.05) is 90.4 Å². The van der Waals surface area contributed by atoms with Crippen LogP contribution in [0.2, 0.25) is 0 Å². The summed E-state index contributed by atoms with van der Waals surface area (Å²) in [5.41, 5.74) is 8.45. The highest BCUT2D eigenvalue weighted by Gasteiger charge is 2.06. The van der Waals surface area contributed by atoms with E-state index in [1.165, 1.54) is 40.7 Å². The highest BCUT2D eigenvalue weighted by atomic mass is 14.9. The van der Waals surface area contributed by atoms with Crippen molar-refractivity contribution >= 4 is 0 Å². The zero-order valence-electron chi connectivity index (χ0n) is 29.6. The Kier molecular flexibility index (Phi) is 13.4. The van der Waals surface area contributed by atoms with Gasteiger partial charge in [0.15, 0.2) is 37.2 Å². The van der Waals surface area contributed by atoms with Gasteiger partial charge in [0, 0.05) is 78.6 Å². The first-order valence-corrected chi connectivity index (χ1v) is 18.4. The number of nitrogens with zero attached hydrogens (tertiary/aromatic N) is 3. The molecule has 0 saturated heterocycles. The van der Waals surface area contributed by atoms with Crippen LogP contribution < -0.4 is 13.7 Å². The molecule has 0 atom stereocenters. The number of pyridine rings is 3. The first-order chi connectivity index (χ1) is 25.3. The van der Waals surface area contributed by atoms with Crippen molar-refractivity contribution in [3.05, 3.63) is 175 Å². The maximum absolute atomic E-state index is 3.48. The summed E-state index contributed by atoms with van der Waals surface area (Å²) in [4.78, 5) is 0. The van der Waals surface area contributed by atoms with E-state index < -0.39 is 0 Å². The number of aromatic nitrogens is 3. The minimum atomic E-state index is 0.855. The lowest BCUT2D eigenvalue weighted by Gasteiger charge is -2.04. The summed E-state index contributed by atoms with van der Waals surface area (Å²) < 4.78 is 6.81. The predicted molar refractivity (Wildman–Crippen MR) is 207 cm³/mol. The molecule has 0 unspecified atom stereocenters. The Hall–Kier alpha value is -5.77. The number of hydrogen-bond acceptors (Lipinski definition) is 0. The van der Waals surface area contributed by atoms with Crippen LogP contribution in [0, 0.1) is 23.7 Å². The molecule has 0 bridgehead atoms. The Balaban J connectivity index is 1.05. The quantitative estimate of drug-likeness (QED) is 0.0625. The predicted octanol–water partition coefficient (Wildman–Crippen LogP) is 8.96. The van der Waals surface area contributed by atoms with Gasteiger partial charge in [0.1, 0.15) is 19.6 Å². The average Bonchev–Trinajstić information content (AvgIpc) is 3.19. The van der Waals surface area contributed by atoms with Crippen molar-refractivity contribution in [1.82, 2.24) is 0 Å². The number of unbranched alkanes of at least 4 members (excludes halogenated alkanes) is 4. The number of rotatable bonds is 14. The van der Waals surface area contributed by atoms with Crippen molar-refractivity contribution in [2.24, 2.45) is 0 Å². The molecule has 0 N–H and O–H groups in total. The molecule has 0 spiro atoms. The van der Waals surface area contributed by atoms with Gasteiger partial charge in [-0.15, -0.1) is 0 Å². The van der Waals surface area contributed by atoms with Crippen LogP contribution in [0.15, 0.2) is 159 Å². The third-order valence-electron chi connectivity index (χ3n) is 8.98. The Morgan fingerprint density at radius 1 is 0.392 bits per heavy atom. The molecule has 3 aromatic heterocycles. The molecule has 0 aliphatic heterocycles. The van der Waals surface area contributed by atoms with E-state index in [-0.39, 0.29) is 0 Å². The van der Waals surface area contributed by atoms with E-state index in [9.17, 15) is 0 Å². The fourth-order valence-electron chi connectivity index (χ4n) is 6.32. The Morgan fingerprint density at radius 3 is 1.41 bits per heavy atom. The third-order valence-corrected chi connectivity index (χ3v) is 8.98. The summed E-state index contributed by atoms with van der Waals surface area (Å²) in [5.74, 6) is 13.9. The molecule has 0 fully saturated rings. The molecule has 6 rings (SSSR count). The summed E-state index contributed by atoms with van der Waals surface area (Å²) in [7, 11) is 0. The van der Waals surface area contributed by atoms with Crippen molar-refractivity contribution in [2.45, 2.75) is 71.0 Å². The molecule has 3 heteroatoms. The summed E-state index contributed by atoms with van der Waals surface area (Å²) in [6, 6.07) is 42.7. The Morgan fingerprint density at radius 2 is 0.863 bits per heavy atom. The monoisotopic (exact) mass is 666 g/mol. The first kappa shape index (κ1) is 35.1. The van der Waals surface area contributed by atoms with Crippen molar-refractivity contribution in [1.29, 1.82) is 0 Å². The van der Waals surface area contributed by atoms with E-state index in [1.807, 2.05) is 0 Å². The molecule has 3 nitrogen and oxygen atoms in total. The standard InChI is InChI=1S/C48H48N3/c1-10-24-45(25-11-1)47-28-19-35-50(40-47)33-15-4-8-22-43-37-42(21-7-3-14-30-49-31-17-6-18-32-49)38-44(39-43)23-9-5-16-34-51-36-20-29-48(41-51)46-26-12-2-13-27-46/h1-2,6,10-13,17-20,24-29,31-32,35-41H,3-5,7,14-16,21,30,33-34H2/q+3. The lowest BCUT2D eigenvalue weighted by atomic mass is 10.0. The molecule has 0 aliphatic carbocycles. The molecule has 0 amide bonds. The smallest absolute Gasteiger partial charge is 0.176 e. The van der Waals surface area contributed by atoms with Crippen LogP contribution in [-0.4, -0.2) is 0 Å². The lowest BCUT2D eigenvalue weighted by molar-refractivity contribution is -0.697. The molecule has 3 heterocycles. The third kappa shape index (κ3) is 11.7. The zero-order chi connectivity index (χ0) is 34.8. The Bertz CT molecular complexity index is 1960. The molecule has 3 aromatic carbocycles. The second-order valence-corrected chi connectivity index (χ2v) is 13.0. The maximum Gasteiger partial charge on any atom is 0.176 e. The van der Waals surface area contributed by atoms with Crippen molar-refractivity contribution in [2.75, 3.05) is 0 Å². The molecular weight excluding hydrogens is 619 g/mol. The number of aryl methyl sites for hydroxylation is 4. The maximum atomic E-state index is 3.48.